The second-order valence-corrected chi connectivity index (χ2v) is 6.12. The van der Waals surface area contributed by atoms with Gasteiger partial charge in [-0.3, -0.25) is 0 Å². The molecule has 0 fully saturated rings. The summed E-state index contributed by atoms with van der Waals surface area (Å²) in [6.45, 7) is 4.52. The van der Waals surface area contributed by atoms with Crippen LogP contribution < -0.4 is 0 Å². The largest absolute Gasteiger partial charge is 0.354 e. The van der Waals surface area contributed by atoms with E-state index in [1.165, 1.54) is 71.5 Å². The zero-order chi connectivity index (χ0) is 14.7. The molecule has 0 radical (unpaired) electrons. The van der Waals surface area contributed by atoms with Gasteiger partial charge in [0.25, 0.3) is 0 Å². The van der Waals surface area contributed by atoms with Gasteiger partial charge in [-0.1, -0.05) is 62.9 Å². The number of aryl methyl sites for hydroxylation is 2. The predicted molar refractivity (Wildman–Crippen MR) is 93.0 cm³/mol. The van der Waals surface area contributed by atoms with Crippen LogP contribution in [-0.4, -0.2) is 4.98 Å². The van der Waals surface area contributed by atoms with Crippen LogP contribution in [0.2, 0.25) is 0 Å². The number of H-pyrrole nitrogens is 1. The van der Waals surface area contributed by atoms with Crippen molar-refractivity contribution in [2.24, 2.45) is 0 Å². The molecule has 1 nitrogen and oxygen atoms in total. The molecule has 1 heterocycles. The first-order chi connectivity index (χ1) is 10.3. The highest BCUT2D eigenvalue weighted by Gasteiger charge is 2.09. The van der Waals surface area contributed by atoms with E-state index in [0.717, 1.165) is 0 Å². The molecule has 0 saturated carbocycles. The summed E-state index contributed by atoms with van der Waals surface area (Å²) in [4.78, 5) is 3.64. The van der Waals surface area contributed by atoms with Crippen molar-refractivity contribution < 1.29 is 0 Å². The maximum absolute atomic E-state index is 3.64. The van der Waals surface area contributed by atoms with Gasteiger partial charge in [-0.25, -0.2) is 0 Å². The molecule has 0 saturated heterocycles. The predicted octanol–water partition coefficient (Wildman–Crippen LogP) is 6.14. The Labute approximate surface area is 127 Å². The molecule has 0 unspecified atom stereocenters. The van der Waals surface area contributed by atoms with Gasteiger partial charge in [0, 0.05) is 21.8 Å². The molecule has 3 rings (SSSR count). The SMILES string of the molecule is CCCCCCCc1c(C)ccc2c1[nH]c1ccccc12. The van der Waals surface area contributed by atoms with Gasteiger partial charge in [0.2, 0.25) is 0 Å². The number of hydrogen-bond donors (Lipinski definition) is 1. The van der Waals surface area contributed by atoms with Crippen LogP contribution in [0.1, 0.15) is 50.2 Å². The Kier molecular flexibility index (Phi) is 4.28. The maximum atomic E-state index is 3.64. The Morgan fingerprint density at radius 2 is 1.67 bits per heavy atom. The molecule has 0 amide bonds. The van der Waals surface area contributed by atoms with Crippen molar-refractivity contribution in [1.29, 1.82) is 0 Å². The average Bonchev–Trinajstić information content (AvgIpc) is 2.87. The number of rotatable bonds is 6. The molecule has 0 atom stereocenters. The summed E-state index contributed by atoms with van der Waals surface area (Å²) in [6, 6.07) is 13.2. The molecule has 0 aliphatic carbocycles. The number of unbranched alkanes of at least 4 members (excludes halogenated alkanes) is 4. The molecule has 2 aromatic carbocycles. The molecular weight excluding hydrogens is 254 g/mol. The van der Waals surface area contributed by atoms with E-state index < -0.39 is 0 Å². The fourth-order valence-electron chi connectivity index (χ4n) is 3.31. The summed E-state index contributed by atoms with van der Waals surface area (Å²) >= 11 is 0. The van der Waals surface area contributed by atoms with Gasteiger partial charge in [0.15, 0.2) is 0 Å². The molecule has 0 aliphatic heterocycles. The van der Waals surface area contributed by atoms with E-state index in [2.05, 4.69) is 55.2 Å². The number of nitrogens with one attached hydrogen (secondary N) is 1. The Balaban J connectivity index is 1.91. The van der Waals surface area contributed by atoms with Crippen LogP contribution in [0.25, 0.3) is 21.8 Å². The fraction of sp³-hybridized carbons (Fsp3) is 0.400. The van der Waals surface area contributed by atoms with Gasteiger partial charge in [0.05, 0.1) is 0 Å². The van der Waals surface area contributed by atoms with Gasteiger partial charge >= 0.3 is 0 Å². The zero-order valence-electron chi connectivity index (χ0n) is 13.2. The molecule has 0 aliphatic rings. The quantitative estimate of drug-likeness (QED) is 0.521. The number of aromatic nitrogens is 1. The lowest BCUT2D eigenvalue weighted by Crippen LogP contribution is -1.92. The van der Waals surface area contributed by atoms with Crippen LogP contribution in [0.5, 0.6) is 0 Å². The number of fused-ring (bicyclic) bond motifs is 3. The van der Waals surface area contributed by atoms with Crippen LogP contribution in [0.4, 0.5) is 0 Å². The van der Waals surface area contributed by atoms with Gasteiger partial charge in [-0.05, 0) is 37.0 Å². The monoisotopic (exact) mass is 279 g/mol. The molecule has 1 aromatic heterocycles. The number of benzene rings is 2. The standard InChI is InChI=1S/C20H25N/c1-3-4-5-6-7-10-16-15(2)13-14-18-17-11-8-9-12-19(17)21-20(16)18/h8-9,11-14,21H,3-7,10H2,1-2H3. The lowest BCUT2D eigenvalue weighted by molar-refractivity contribution is 0.632. The van der Waals surface area contributed by atoms with E-state index in [1.807, 2.05) is 0 Å². The van der Waals surface area contributed by atoms with E-state index >= 15 is 0 Å². The normalized spacial score (nSPS) is 11.5. The molecular formula is C20H25N. The first-order valence-electron chi connectivity index (χ1n) is 8.30. The molecule has 3 aromatic rings. The summed E-state index contributed by atoms with van der Waals surface area (Å²) in [7, 11) is 0. The van der Waals surface area contributed by atoms with Crippen molar-refractivity contribution in [2.75, 3.05) is 0 Å². The summed E-state index contributed by atoms with van der Waals surface area (Å²) in [6.07, 6.45) is 7.91. The van der Waals surface area contributed by atoms with E-state index in [-0.39, 0.29) is 0 Å². The minimum absolute atomic E-state index is 1.19. The smallest absolute Gasteiger partial charge is 0.0500 e. The highest BCUT2D eigenvalue weighted by atomic mass is 14.7. The Morgan fingerprint density at radius 3 is 2.52 bits per heavy atom. The molecule has 0 bridgehead atoms. The van der Waals surface area contributed by atoms with Crippen LogP contribution >= 0.6 is 0 Å². The van der Waals surface area contributed by atoms with Crippen LogP contribution in [-0.2, 0) is 6.42 Å². The molecule has 1 heteroatoms. The second kappa shape index (κ2) is 6.34. The molecule has 110 valence electrons. The van der Waals surface area contributed by atoms with Crippen molar-refractivity contribution in [2.45, 2.75) is 52.4 Å². The summed E-state index contributed by atoms with van der Waals surface area (Å²) in [5.74, 6) is 0. The third kappa shape index (κ3) is 2.83. The second-order valence-electron chi connectivity index (χ2n) is 6.12. The van der Waals surface area contributed by atoms with Crippen LogP contribution in [0, 0.1) is 6.92 Å². The van der Waals surface area contributed by atoms with E-state index in [4.69, 9.17) is 0 Å². The van der Waals surface area contributed by atoms with Crippen molar-refractivity contribution in [3.05, 3.63) is 47.5 Å². The maximum Gasteiger partial charge on any atom is 0.0500 e. The fourth-order valence-corrected chi connectivity index (χ4v) is 3.31. The molecule has 21 heavy (non-hydrogen) atoms. The molecule has 1 N–H and O–H groups in total. The summed E-state index contributed by atoms with van der Waals surface area (Å²) in [5, 5.41) is 2.72. The Morgan fingerprint density at radius 1 is 0.857 bits per heavy atom. The first kappa shape index (κ1) is 14.2. The van der Waals surface area contributed by atoms with Gasteiger partial charge < -0.3 is 4.98 Å². The van der Waals surface area contributed by atoms with Gasteiger partial charge in [-0.2, -0.15) is 0 Å². The third-order valence-electron chi connectivity index (χ3n) is 4.55. The third-order valence-corrected chi connectivity index (χ3v) is 4.55. The van der Waals surface area contributed by atoms with Crippen molar-refractivity contribution in [3.8, 4) is 0 Å². The molecule has 0 spiro atoms. The van der Waals surface area contributed by atoms with Crippen molar-refractivity contribution in [1.82, 2.24) is 4.98 Å². The lowest BCUT2D eigenvalue weighted by Gasteiger charge is -2.08. The first-order valence-corrected chi connectivity index (χ1v) is 8.30. The van der Waals surface area contributed by atoms with Crippen molar-refractivity contribution >= 4 is 21.8 Å². The minimum atomic E-state index is 1.19. The highest BCUT2D eigenvalue weighted by molar-refractivity contribution is 6.08. The Hall–Kier alpha value is -1.76. The summed E-state index contributed by atoms with van der Waals surface area (Å²) in [5.41, 5.74) is 5.54. The number of hydrogen-bond acceptors (Lipinski definition) is 0. The van der Waals surface area contributed by atoms with Crippen LogP contribution in [0.3, 0.4) is 0 Å². The average molecular weight is 279 g/mol. The number of para-hydroxylation sites is 1. The van der Waals surface area contributed by atoms with Crippen LogP contribution in [0.15, 0.2) is 36.4 Å². The van der Waals surface area contributed by atoms with Crippen molar-refractivity contribution in [3.63, 3.8) is 0 Å². The minimum Gasteiger partial charge on any atom is -0.354 e. The van der Waals surface area contributed by atoms with Gasteiger partial charge in [-0.15, -0.1) is 0 Å². The highest BCUT2D eigenvalue weighted by Crippen LogP contribution is 2.30. The van der Waals surface area contributed by atoms with E-state index in [0.29, 0.717) is 0 Å². The van der Waals surface area contributed by atoms with E-state index in [1.54, 1.807) is 0 Å². The number of aromatic amines is 1. The zero-order valence-corrected chi connectivity index (χ0v) is 13.2. The lowest BCUT2D eigenvalue weighted by atomic mass is 9.98. The van der Waals surface area contributed by atoms with Gasteiger partial charge in [0.1, 0.15) is 0 Å². The summed E-state index contributed by atoms with van der Waals surface area (Å²) < 4.78 is 0. The van der Waals surface area contributed by atoms with E-state index in [9.17, 15) is 0 Å². The Bertz CT molecular complexity index is 736. The topological polar surface area (TPSA) is 15.8 Å².